The lowest BCUT2D eigenvalue weighted by molar-refractivity contribution is 1.02. The molecule has 0 aliphatic carbocycles. The van der Waals surface area contributed by atoms with Crippen LogP contribution >= 0.6 is 0 Å². The van der Waals surface area contributed by atoms with Gasteiger partial charge in [-0.1, -0.05) is 418 Å². The zero-order chi connectivity index (χ0) is 105. The normalized spacial score (nSPS) is 10.5. The Kier molecular flexibility index (Phi) is 53.1. The monoisotopic (exact) mass is 1890 g/mol. The number of fused-ring (bicyclic) bond motifs is 5. The van der Waals surface area contributed by atoms with Crippen LogP contribution < -0.4 is 0 Å². The maximum absolute atomic E-state index is 2.36. The Bertz CT molecular complexity index is 6480. The molecule has 0 saturated heterocycles. The Morgan fingerprint density at radius 2 is 0.458 bits per heavy atom. The van der Waals surface area contributed by atoms with Gasteiger partial charge in [-0.25, -0.2) is 0 Å². The zero-order valence-electron chi connectivity index (χ0n) is 95.8. The van der Waals surface area contributed by atoms with Crippen molar-refractivity contribution in [1.29, 1.82) is 0 Å². The van der Waals surface area contributed by atoms with Crippen LogP contribution in [-0.2, 0) is 141 Å². The van der Waals surface area contributed by atoms with Gasteiger partial charge >= 0.3 is 0 Å². The van der Waals surface area contributed by atoms with E-state index >= 15 is 0 Å². The van der Waals surface area contributed by atoms with E-state index in [4.69, 9.17) is 0 Å². The van der Waals surface area contributed by atoms with Crippen molar-refractivity contribution in [3.05, 3.63) is 444 Å². The second-order valence-corrected chi connectivity index (χ2v) is 38.9. The summed E-state index contributed by atoms with van der Waals surface area (Å²) in [5.74, 6) is 0. The molecule has 16 aromatic rings. The lowest BCUT2D eigenvalue weighted by Gasteiger charge is -2.12. The molecule has 0 spiro atoms. The van der Waals surface area contributed by atoms with Crippen molar-refractivity contribution in [3.63, 3.8) is 0 Å². The highest BCUT2D eigenvalue weighted by molar-refractivity contribution is 5.90. The Balaban J connectivity index is 0.000000240. The Hall–Kier alpha value is -11.2. The first-order valence-corrected chi connectivity index (χ1v) is 55.4. The summed E-state index contributed by atoms with van der Waals surface area (Å²) in [6.07, 6.45) is 25.0. The summed E-state index contributed by atoms with van der Waals surface area (Å²) < 4.78 is 0. The van der Waals surface area contributed by atoms with Crippen molar-refractivity contribution in [2.45, 2.75) is 377 Å². The van der Waals surface area contributed by atoms with Crippen molar-refractivity contribution in [2.24, 2.45) is 0 Å². The van der Waals surface area contributed by atoms with Crippen molar-refractivity contribution < 1.29 is 0 Å². The minimum atomic E-state index is 1.12. The van der Waals surface area contributed by atoms with Crippen LogP contribution in [0.2, 0.25) is 0 Å². The molecular weight excluding hydrogens is 1710 g/mol. The van der Waals surface area contributed by atoms with E-state index in [1.54, 1.807) is 0 Å². The van der Waals surface area contributed by atoms with E-state index in [1.165, 1.54) is 243 Å². The van der Waals surface area contributed by atoms with E-state index in [0.29, 0.717) is 0 Å². The summed E-state index contributed by atoms with van der Waals surface area (Å²) in [4.78, 5) is 0. The molecule has 0 fully saturated rings. The molecule has 0 nitrogen and oxygen atoms in total. The summed E-state index contributed by atoms with van der Waals surface area (Å²) in [6.45, 7) is 75.0. The topological polar surface area (TPSA) is 0 Å². The first kappa shape index (κ1) is 120. The lowest BCUT2D eigenvalue weighted by atomic mass is 9.93. The zero-order valence-corrected chi connectivity index (χ0v) is 95.8. The van der Waals surface area contributed by atoms with Crippen LogP contribution in [0.15, 0.2) is 255 Å². The molecule has 0 unspecified atom stereocenters. The second-order valence-electron chi connectivity index (χ2n) is 38.9. The fraction of sp³-hybridized carbons (Fsp3) is 0.394. The van der Waals surface area contributed by atoms with Crippen LogP contribution in [0.1, 0.15) is 341 Å². The Morgan fingerprint density at radius 3 is 0.944 bits per heavy atom. The van der Waals surface area contributed by atoms with E-state index in [2.05, 4.69) is 490 Å². The highest BCUT2D eigenvalue weighted by atomic mass is 14.2. The Labute approximate surface area is 868 Å². The van der Waals surface area contributed by atoms with Gasteiger partial charge in [-0.05, 0) is 456 Å². The number of hydrogen-bond acceptors (Lipinski definition) is 0. The highest BCUT2D eigenvalue weighted by Gasteiger charge is 2.11. The van der Waals surface area contributed by atoms with Crippen LogP contribution in [0.4, 0.5) is 0 Å². The van der Waals surface area contributed by atoms with Gasteiger partial charge in [0.2, 0.25) is 0 Å². The van der Waals surface area contributed by atoms with E-state index < -0.39 is 0 Å². The minimum absolute atomic E-state index is 1.12. The molecule has 16 aromatic carbocycles. The summed E-state index contributed by atoms with van der Waals surface area (Å²) in [7, 11) is 0. The molecule has 756 valence electrons. The van der Waals surface area contributed by atoms with Crippen molar-refractivity contribution in [2.75, 3.05) is 0 Å². The quantitative estimate of drug-likeness (QED) is 0.0634. The summed E-state index contributed by atoms with van der Waals surface area (Å²) in [5.41, 5.74) is 49.4. The number of rotatable bonds is 22. The van der Waals surface area contributed by atoms with E-state index in [9.17, 15) is 0 Å². The van der Waals surface area contributed by atoms with Crippen LogP contribution in [0.5, 0.6) is 0 Å². The molecular formula is C142H188. The molecule has 0 atom stereocenters. The molecule has 0 aromatic heterocycles. The number of benzene rings is 16. The van der Waals surface area contributed by atoms with Gasteiger partial charge in [0.05, 0.1) is 0 Å². The van der Waals surface area contributed by atoms with E-state index in [1.807, 2.05) is 0 Å². The molecule has 0 aliphatic rings. The molecule has 0 heterocycles. The fourth-order valence-electron chi connectivity index (χ4n) is 19.5. The average molecular weight is 1900 g/mol. The largest absolute Gasteiger partial charge is 0.0617 e. The van der Waals surface area contributed by atoms with E-state index in [0.717, 1.165) is 141 Å². The number of aryl methyl sites for hydroxylation is 31. The molecule has 0 saturated carbocycles. The maximum Gasteiger partial charge on any atom is -0.0152 e. The number of hydrogen-bond donors (Lipinski definition) is 0. The lowest BCUT2D eigenvalue weighted by Crippen LogP contribution is -1.93. The molecule has 0 heteroatoms. The van der Waals surface area contributed by atoms with Crippen LogP contribution in [0, 0.1) is 83.1 Å². The highest BCUT2D eigenvalue weighted by Crippen LogP contribution is 2.31. The molecule has 0 N–H and O–H groups in total. The van der Waals surface area contributed by atoms with Gasteiger partial charge in [0.25, 0.3) is 0 Å². The van der Waals surface area contributed by atoms with Gasteiger partial charge in [0.15, 0.2) is 0 Å². The first-order valence-electron chi connectivity index (χ1n) is 55.4. The SMILES string of the molecule is CCc1cc(C)c2cc(CC)ccc2c1.CCc1cc(C)cc(CC)c1.CCc1ccc(C)c(CC)c1.CCc1ccc(C)cc1CC.CCc1ccc(CC)c(C)c1.CCc1ccc2c(C)c(C)c(CC)cc2c1.CCc1ccc2c(C)c(CC)ccc2c1.CCc1ccc2cc(C)c(CC)cc2c1.CCc1ccc2cc(CC)c(C)cc2c1.CCc1cccc(C)c1CC.CCc1cccc(CC)c1C. The smallest absolute Gasteiger partial charge is 0.0152 e. The Morgan fingerprint density at radius 1 is 0.127 bits per heavy atom. The molecule has 142 heavy (non-hydrogen) atoms. The van der Waals surface area contributed by atoms with Crippen LogP contribution in [-0.4, -0.2) is 0 Å². The summed E-state index contributed by atoms with van der Waals surface area (Å²) in [5, 5.41) is 13.9. The fourth-order valence-corrected chi connectivity index (χ4v) is 19.5. The first-order chi connectivity index (χ1) is 68.3. The predicted molar refractivity (Wildman–Crippen MR) is 642 cm³/mol. The molecule has 16 rings (SSSR count). The molecule has 0 radical (unpaired) electrons. The van der Waals surface area contributed by atoms with Gasteiger partial charge in [0.1, 0.15) is 0 Å². The van der Waals surface area contributed by atoms with Gasteiger partial charge in [-0.3, -0.25) is 0 Å². The average Bonchev–Trinajstić information content (AvgIpc) is 0.799. The third-order valence-corrected chi connectivity index (χ3v) is 29.4. The minimum Gasteiger partial charge on any atom is -0.0617 e. The molecule has 0 bridgehead atoms. The van der Waals surface area contributed by atoms with Crippen LogP contribution in [0.3, 0.4) is 0 Å². The van der Waals surface area contributed by atoms with Gasteiger partial charge in [0, 0.05) is 0 Å². The standard InChI is InChI=1S/C16H20.4C15H18.6C11H16/c1-5-13-7-8-16-12(4)11(3)14(6-2)10-15(16)9-13;1-4-12-6-9-15-11(3)13(5-2)7-8-14(15)10-12;1-4-12-6-7-14-9-13(5-2)8-11(3)15(14)10-12;1-4-12-6-7-14-10-13(5-2)11(3)8-15(14)9-12;1-4-12-6-7-14-8-11(3)13(5-2)10-15(14)9-12;1-4-10-6-9(3)7-11(5-2)8-10;1-4-10-6-7-11(5-2)9(3)8-10;1-4-10-7-6-9(3)11(5-2)8-10;1-4-10-7-6-9(3)8-11(10)5-2;1-4-10-7-6-8-11(5-2)9(10)3;1-4-10-8-6-7-9(3)11(10)5-2/h7-10H,5-6H2,1-4H3;4*6-10H,4-5H2,1-3H3;6*6-8H,4-5H2,1-3H3. The van der Waals surface area contributed by atoms with Crippen molar-refractivity contribution in [1.82, 2.24) is 0 Å². The summed E-state index contributed by atoms with van der Waals surface area (Å²) in [6, 6.07) is 95.0. The van der Waals surface area contributed by atoms with Crippen molar-refractivity contribution >= 4 is 53.9 Å². The van der Waals surface area contributed by atoms with Gasteiger partial charge in [-0.2, -0.15) is 0 Å². The van der Waals surface area contributed by atoms with Gasteiger partial charge in [-0.15, -0.1) is 0 Å². The van der Waals surface area contributed by atoms with Gasteiger partial charge < -0.3 is 0 Å². The van der Waals surface area contributed by atoms with Crippen molar-refractivity contribution in [3.8, 4) is 0 Å². The molecule has 0 aliphatic heterocycles. The van der Waals surface area contributed by atoms with Crippen LogP contribution in [0.25, 0.3) is 53.9 Å². The van der Waals surface area contributed by atoms with E-state index in [-0.39, 0.29) is 0 Å². The third-order valence-electron chi connectivity index (χ3n) is 29.4. The predicted octanol–water partition coefficient (Wildman–Crippen LogP) is 40.4. The summed E-state index contributed by atoms with van der Waals surface area (Å²) >= 11 is 0. The third kappa shape index (κ3) is 36.0. The maximum atomic E-state index is 2.36. The second kappa shape index (κ2) is 63.1. The molecule has 0 amide bonds.